The van der Waals surface area contributed by atoms with Gasteiger partial charge in [-0.05, 0) is 79.3 Å². The van der Waals surface area contributed by atoms with Gasteiger partial charge in [-0.3, -0.25) is 9.10 Å². The molecule has 35 heavy (non-hydrogen) atoms. The number of para-hydroxylation sites is 2. The zero-order valence-corrected chi connectivity index (χ0v) is 21.0. The normalized spacial score (nSPS) is 13.6. The Kier molecular flexibility index (Phi) is 7.31. The van der Waals surface area contributed by atoms with Gasteiger partial charge in [-0.2, -0.15) is 0 Å². The zero-order chi connectivity index (χ0) is 25.0. The van der Waals surface area contributed by atoms with Crippen molar-refractivity contribution in [2.24, 2.45) is 0 Å². The maximum absolute atomic E-state index is 13.7. The molecule has 0 unspecified atom stereocenters. The van der Waals surface area contributed by atoms with Crippen LogP contribution >= 0.6 is 0 Å². The minimum atomic E-state index is -4.08. The molecule has 1 N–H and O–H groups in total. The van der Waals surface area contributed by atoms with Gasteiger partial charge in [0.15, 0.2) is 0 Å². The summed E-state index contributed by atoms with van der Waals surface area (Å²) >= 11 is 0. The molecule has 0 spiro atoms. The van der Waals surface area contributed by atoms with Crippen LogP contribution in [0.25, 0.3) is 0 Å². The van der Waals surface area contributed by atoms with Crippen LogP contribution in [0.15, 0.2) is 71.6 Å². The lowest BCUT2D eigenvalue weighted by atomic mass is 10.0. The SMILES string of the molecule is COc1ccc(S(=O)(=O)N(CC(=O)N[C@H](C)c2ccc3c(c2)CCC3)c2ccccc2OC)cc1. The molecule has 0 aromatic heterocycles. The van der Waals surface area contributed by atoms with E-state index in [1.165, 1.54) is 37.5 Å². The van der Waals surface area contributed by atoms with Crippen molar-refractivity contribution in [2.45, 2.75) is 37.1 Å². The maximum Gasteiger partial charge on any atom is 0.264 e. The number of nitrogens with zero attached hydrogens (tertiary/aromatic N) is 1. The Bertz CT molecular complexity index is 1310. The van der Waals surface area contributed by atoms with Crippen LogP contribution in [0.2, 0.25) is 0 Å². The third kappa shape index (κ3) is 5.27. The number of hydrogen-bond acceptors (Lipinski definition) is 5. The lowest BCUT2D eigenvalue weighted by Gasteiger charge is -2.26. The summed E-state index contributed by atoms with van der Waals surface area (Å²) in [6.07, 6.45) is 3.29. The third-order valence-corrected chi connectivity index (χ3v) is 8.06. The third-order valence-electron chi connectivity index (χ3n) is 6.29. The van der Waals surface area contributed by atoms with Gasteiger partial charge in [-0.15, -0.1) is 0 Å². The van der Waals surface area contributed by atoms with Gasteiger partial charge >= 0.3 is 0 Å². The number of nitrogens with one attached hydrogen (secondary N) is 1. The Hall–Kier alpha value is -3.52. The molecule has 1 amide bonds. The van der Waals surface area contributed by atoms with E-state index in [9.17, 15) is 13.2 Å². The Morgan fingerprint density at radius 1 is 0.971 bits per heavy atom. The second-order valence-electron chi connectivity index (χ2n) is 8.53. The molecule has 0 saturated carbocycles. The molecule has 1 aliphatic carbocycles. The summed E-state index contributed by atoms with van der Waals surface area (Å²) in [6.45, 7) is 1.50. The molecule has 0 radical (unpaired) electrons. The van der Waals surface area contributed by atoms with Gasteiger partial charge in [0.25, 0.3) is 10.0 Å². The number of amides is 1. The van der Waals surface area contributed by atoms with Crippen molar-refractivity contribution in [1.82, 2.24) is 5.32 Å². The van der Waals surface area contributed by atoms with Crippen LogP contribution < -0.4 is 19.1 Å². The highest BCUT2D eigenvalue weighted by atomic mass is 32.2. The fourth-order valence-electron chi connectivity index (χ4n) is 4.37. The number of sulfonamides is 1. The van der Waals surface area contributed by atoms with Crippen molar-refractivity contribution in [3.63, 3.8) is 0 Å². The number of methoxy groups -OCH3 is 2. The van der Waals surface area contributed by atoms with Gasteiger partial charge in [0.1, 0.15) is 18.0 Å². The molecule has 0 aliphatic heterocycles. The van der Waals surface area contributed by atoms with E-state index in [2.05, 4.69) is 17.4 Å². The summed E-state index contributed by atoms with van der Waals surface area (Å²) in [5.74, 6) is 0.471. The van der Waals surface area contributed by atoms with Crippen molar-refractivity contribution in [1.29, 1.82) is 0 Å². The quantitative estimate of drug-likeness (QED) is 0.480. The molecule has 184 valence electrons. The molecule has 0 bridgehead atoms. The number of rotatable bonds is 9. The molecule has 0 heterocycles. The van der Waals surface area contributed by atoms with Gasteiger partial charge in [0.2, 0.25) is 5.91 Å². The average molecular weight is 495 g/mol. The number of carbonyl (C=O) groups excluding carboxylic acids is 1. The smallest absolute Gasteiger partial charge is 0.264 e. The molecule has 8 heteroatoms. The van der Waals surface area contributed by atoms with E-state index in [0.717, 1.165) is 29.1 Å². The van der Waals surface area contributed by atoms with Crippen molar-refractivity contribution >= 4 is 21.6 Å². The van der Waals surface area contributed by atoms with Crippen LogP contribution in [-0.2, 0) is 27.7 Å². The minimum absolute atomic E-state index is 0.0451. The fraction of sp³-hybridized carbons (Fsp3) is 0.296. The summed E-state index contributed by atoms with van der Waals surface area (Å²) in [6, 6.07) is 18.8. The van der Waals surface area contributed by atoms with Crippen molar-refractivity contribution in [3.8, 4) is 11.5 Å². The van der Waals surface area contributed by atoms with Crippen LogP contribution in [0.5, 0.6) is 11.5 Å². The molecular formula is C27H30N2O5S. The molecule has 1 atom stereocenters. The van der Waals surface area contributed by atoms with E-state index in [1.54, 1.807) is 36.4 Å². The standard InChI is InChI=1S/C27H30N2O5S/c1-19(21-12-11-20-7-6-8-22(20)17-21)28-27(30)18-29(25-9-4-5-10-26(25)34-3)35(31,32)24-15-13-23(33-2)14-16-24/h4-5,9-17,19H,6-8,18H2,1-3H3,(H,28,30)/t19-/m1/s1. The zero-order valence-electron chi connectivity index (χ0n) is 20.2. The predicted molar refractivity (Wildman–Crippen MR) is 136 cm³/mol. The van der Waals surface area contributed by atoms with Crippen LogP contribution in [0.3, 0.4) is 0 Å². The number of aryl methyl sites for hydroxylation is 2. The first kappa shape index (κ1) is 24.6. The molecule has 0 fully saturated rings. The Labute approximate surface area is 206 Å². The number of carbonyl (C=O) groups is 1. The summed E-state index contributed by atoms with van der Waals surface area (Å²) in [4.78, 5) is 13.2. The molecular weight excluding hydrogens is 464 g/mol. The van der Waals surface area contributed by atoms with Crippen molar-refractivity contribution < 1.29 is 22.7 Å². The molecule has 3 aromatic rings. The van der Waals surface area contributed by atoms with Gasteiger partial charge in [-0.25, -0.2) is 8.42 Å². The molecule has 3 aromatic carbocycles. The number of fused-ring (bicyclic) bond motifs is 1. The first-order chi connectivity index (χ1) is 16.8. The topological polar surface area (TPSA) is 84.9 Å². The fourth-order valence-corrected chi connectivity index (χ4v) is 5.80. The summed E-state index contributed by atoms with van der Waals surface area (Å²) < 4.78 is 39.0. The second kappa shape index (κ2) is 10.4. The first-order valence-electron chi connectivity index (χ1n) is 11.5. The lowest BCUT2D eigenvalue weighted by Crippen LogP contribution is -2.41. The maximum atomic E-state index is 13.7. The van der Waals surface area contributed by atoms with Gasteiger partial charge < -0.3 is 14.8 Å². The summed E-state index contributed by atoms with van der Waals surface area (Å²) in [5, 5.41) is 2.96. The van der Waals surface area contributed by atoms with E-state index in [-0.39, 0.29) is 16.6 Å². The highest BCUT2D eigenvalue weighted by molar-refractivity contribution is 7.92. The monoisotopic (exact) mass is 494 g/mol. The summed E-state index contributed by atoms with van der Waals surface area (Å²) in [7, 11) is -1.10. The first-order valence-corrected chi connectivity index (χ1v) is 13.0. The molecule has 1 aliphatic rings. The second-order valence-corrected chi connectivity index (χ2v) is 10.4. The van der Waals surface area contributed by atoms with Crippen LogP contribution in [0.1, 0.15) is 36.1 Å². The van der Waals surface area contributed by atoms with E-state index < -0.39 is 22.5 Å². The van der Waals surface area contributed by atoms with Crippen LogP contribution in [0, 0.1) is 0 Å². The largest absolute Gasteiger partial charge is 0.497 e. The molecule has 4 rings (SSSR count). The predicted octanol–water partition coefficient (Wildman–Crippen LogP) is 4.27. The molecule has 7 nitrogen and oxygen atoms in total. The van der Waals surface area contributed by atoms with Gasteiger partial charge in [-0.1, -0.05) is 30.3 Å². The number of hydrogen-bond donors (Lipinski definition) is 1. The van der Waals surface area contributed by atoms with E-state index >= 15 is 0 Å². The Balaban J connectivity index is 1.61. The highest BCUT2D eigenvalue weighted by Gasteiger charge is 2.30. The van der Waals surface area contributed by atoms with Crippen LogP contribution in [-0.4, -0.2) is 35.1 Å². The van der Waals surface area contributed by atoms with E-state index in [0.29, 0.717) is 11.5 Å². The van der Waals surface area contributed by atoms with Crippen molar-refractivity contribution in [2.75, 3.05) is 25.1 Å². The number of benzene rings is 3. The van der Waals surface area contributed by atoms with Gasteiger partial charge in [0.05, 0.1) is 30.8 Å². The number of ether oxygens (including phenoxy) is 2. The van der Waals surface area contributed by atoms with E-state index in [1.807, 2.05) is 13.0 Å². The van der Waals surface area contributed by atoms with E-state index in [4.69, 9.17) is 9.47 Å². The summed E-state index contributed by atoms with van der Waals surface area (Å²) in [5.41, 5.74) is 3.97. The Morgan fingerprint density at radius 3 is 2.40 bits per heavy atom. The molecule has 0 saturated heterocycles. The van der Waals surface area contributed by atoms with Crippen molar-refractivity contribution in [3.05, 3.63) is 83.4 Å². The average Bonchev–Trinajstić information content (AvgIpc) is 3.35. The van der Waals surface area contributed by atoms with Crippen LogP contribution in [0.4, 0.5) is 5.69 Å². The highest BCUT2D eigenvalue weighted by Crippen LogP contribution is 2.33. The minimum Gasteiger partial charge on any atom is -0.497 e. The lowest BCUT2D eigenvalue weighted by molar-refractivity contribution is -0.120. The number of anilines is 1. The van der Waals surface area contributed by atoms with Gasteiger partial charge in [0, 0.05) is 0 Å². The Morgan fingerprint density at radius 2 is 1.69 bits per heavy atom.